The van der Waals surface area contributed by atoms with Gasteiger partial charge in [-0.1, -0.05) is 0 Å². The molecule has 1 aliphatic heterocycles. The summed E-state index contributed by atoms with van der Waals surface area (Å²) in [5.74, 6) is 0. The summed E-state index contributed by atoms with van der Waals surface area (Å²) in [5, 5.41) is 2.05. The highest BCUT2D eigenvalue weighted by atomic mass is 14.8. The molecule has 0 fully saturated rings. The first kappa shape index (κ1) is 4.68. The van der Waals surface area contributed by atoms with Crippen LogP contribution in [0.1, 0.15) is 0 Å². The summed E-state index contributed by atoms with van der Waals surface area (Å²) in [6, 6.07) is 3.88. The predicted octanol–water partition coefficient (Wildman–Crippen LogP) is -0.505. The minimum atomic E-state index is 0.798. The maximum atomic E-state index is 4.18. The van der Waals surface area contributed by atoms with Crippen LogP contribution in [0.15, 0.2) is 23.3 Å². The molecule has 44 valence electrons. The third-order valence-corrected chi connectivity index (χ3v) is 1.36. The molecule has 2 rings (SSSR count). The molecule has 0 saturated heterocycles. The van der Waals surface area contributed by atoms with Crippen molar-refractivity contribution in [3.05, 3.63) is 29.0 Å². The van der Waals surface area contributed by atoms with Crippen molar-refractivity contribution in [2.75, 3.05) is 6.54 Å². The first-order valence-electron chi connectivity index (χ1n) is 2.92. The van der Waals surface area contributed by atoms with E-state index in [1.807, 2.05) is 18.2 Å². The fourth-order valence-electron chi connectivity index (χ4n) is 0.930. The van der Waals surface area contributed by atoms with Gasteiger partial charge in [-0.3, -0.25) is 9.98 Å². The van der Waals surface area contributed by atoms with Crippen molar-refractivity contribution in [1.29, 1.82) is 0 Å². The second-order valence-corrected chi connectivity index (χ2v) is 1.95. The topological polar surface area (TPSA) is 25.2 Å². The SMILES string of the molecule is C1=c2ncccc2=NC1. The van der Waals surface area contributed by atoms with Gasteiger partial charge in [0.25, 0.3) is 0 Å². The Balaban J connectivity index is 2.97. The number of fused-ring (bicyclic) bond motifs is 1. The largest absolute Gasteiger partial charge is 0.279 e. The van der Waals surface area contributed by atoms with Crippen molar-refractivity contribution in [1.82, 2.24) is 4.98 Å². The molecule has 0 bridgehead atoms. The number of aromatic nitrogens is 1. The number of rotatable bonds is 0. The summed E-state index contributed by atoms with van der Waals surface area (Å²) in [7, 11) is 0. The molecule has 0 aliphatic carbocycles. The molecule has 0 spiro atoms. The van der Waals surface area contributed by atoms with E-state index in [0.717, 1.165) is 17.3 Å². The highest BCUT2D eigenvalue weighted by Gasteiger charge is 1.90. The normalized spacial score (nSPS) is 13.8. The van der Waals surface area contributed by atoms with E-state index >= 15 is 0 Å². The molecule has 0 atom stereocenters. The first-order chi connectivity index (χ1) is 4.47. The third-order valence-electron chi connectivity index (χ3n) is 1.36. The monoisotopic (exact) mass is 118 g/mol. The Hall–Kier alpha value is -1.18. The summed E-state index contributed by atoms with van der Waals surface area (Å²) in [6.45, 7) is 0.798. The summed E-state index contributed by atoms with van der Waals surface area (Å²) in [6.07, 6.45) is 3.81. The molecule has 1 aromatic heterocycles. The lowest BCUT2D eigenvalue weighted by Crippen LogP contribution is -2.23. The number of pyridine rings is 1. The van der Waals surface area contributed by atoms with E-state index in [9.17, 15) is 0 Å². The van der Waals surface area contributed by atoms with Crippen LogP contribution in [0.4, 0.5) is 0 Å². The Morgan fingerprint density at radius 2 is 2.44 bits per heavy atom. The zero-order valence-corrected chi connectivity index (χ0v) is 4.91. The molecule has 0 N–H and O–H groups in total. The van der Waals surface area contributed by atoms with Gasteiger partial charge in [0.2, 0.25) is 0 Å². The van der Waals surface area contributed by atoms with Crippen LogP contribution in [-0.4, -0.2) is 11.5 Å². The van der Waals surface area contributed by atoms with Crippen molar-refractivity contribution >= 4 is 6.08 Å². The summed E-state index contributed by atoms with van der Waals surface area (Å²) < 4.78 is 0. The lowest BCUT2D eigenvalue weighted by atomic mass is 10.4. The molecule has 2 heterocycles. The Morgan fingerprint density at radius 3 is 3.33 bits per heavy atom. The Labute approximate surface area is 52.6 Å². The molecular formula is C7H6N2. The van der Waals surface area contributed by atoms with Crippen molar-refractivity contribution in [2.45, 2.75) is 0 Å². The maximum absolute atomic E-state index is 4.18. The van der Waals surface area contributed by atoms with Gasteiger partial charge in [0, 0.05) is 6.20 Å². The van der Waals surface area contributed by atoms with E-state index in [1.165, 1.54) is 0 Å². The zero-order chi connectivity index (χ0) is 6.10. The third kappa shape index (κ3) is 0.633. The van der Waals surface area contributed by atoms with Gasteiger partial charge in [-0.05, 0) is 18.2 Å². The molecular weight excluding hydrogens is 112 g/mol. The van der Waals surface area contributed by atoms with Crippen LogP contribution in [0, 0.1) is 0 Å². The number of nitrogens with zero attached hydrogens (tertiary/aromatic N) is 2. The standard InChI is InChI=1S/C7H6N2/c1-2-6-7(8-4-1)3-5-9-6/h1-4H,5H2. The second kappa shape index (κ2) is 1.65. The van der Waals surface area contributed by atoms with Gasteiger partial charge in [0.1, 0.15) is 0 Å². The molecule has 9 heavy (non-hydrogen) atoms. The Kier molecular flexibility index (Phi) is 0.859. The highest BCUT2D eigenvalue weighted by molar-refractivity contribution is 5.24. The van der Waals surface area contributed by atoms with Crippen LogP contribution in [0.5, 0.6) is 0 Å². The average Bonchev–Trinajstić information content (AvgIpc) is 2.33. The molecule has 1 aliphatic rings. The first-order valence-corrected chi connectivity index (χ1v) is 2.92. The highest BCUT2D eigenvalue weighted by Crippen LogP contribution is 1.75. The lowest BCUT2D eigenvalue weighted by Gasteiger charge is -1.77. The average molecular weight is 118 g/mol. The van der Waals surface area contributed by atoms with Crippen LogP contribution >= 0.6 is 0 Å². The maximum Gasteiger partial charge on any atom is 0.0860 e. The van der Waals surface area contributed by atoms with Crippen LogP contribution in [0.25, 0.3) is 6.08 Å². The van der Waals surface area contributed by atoms with Gasteiger partial charge >= 0.3 is 0 Å². The molecule has 2 nitrogen and oxygen atoms in total. The fourth-order valence-corrected chi connectivity index (χ4v) is 0.930. The predicted molar refractivity (Wildman–Crippen MR) is 34.4 cm³/mol. The van der Waals surface area contributed by atoms with Gasteiger partial charge in [-0.15, -0.1) is 0 Å². The summed E-state index contributed by atoms with van der Waals surface area (Å²) in [5.41, 5.74) is 0. The molecule has 0 unspecified atom stereocenters. The van der Waals surface area contributed by atoms with Crippen LogP contribution in [0.2, 0.25) is 0 Å². The number of hydrogen-bond acceptors (Lipinski definition) is 2. The van der Waals surface area contributed by atoms with E-state index in [4.69, 9.17) is 0 Å². The number of hydrogen-bond donors (Lipinski definition) is 0. The van der Waals surface area contributed by atoms with E-state index in [0.29, 0.717) is 0 Å². The summed E-state index contributed by atoms with van der Waals surface area (Å²) in [4.78, 5) is 8.29. The smallest absolute Gasteiger partial charge is 0.0860 e. The van der Waals surface area contributed by atoms with E-state index in [2.05, 4.69) is 9.98 Å². The quantitative estimate of drug-likeness (QED) is 0.450. The molecule has 0 aromatic carbocycles. The van der Waals surface area contributed by atoms with Gasteiger partial charge in [-0.25, -0.2) is 0 Å². The van der Waals surface area contributed by atoms with E-state index in [1.54, 1.807) is 6.20 Å². The molecule has 2 heteroatoms. The summed E-state index contributed by atoms with van der Waals surface area (Å²) >= 11 is 0. The zero-order valence-electron chi connectivity index (χ0n) is 4.91. The van der Waals surface area contributed by atoms with Crippen molar-refractivity contribution < 1.29 is 0 Å². The van der Waals surface area contributed by atoms with E-state index in [-0.39, 0.29) is 0 Å². The fraction of sp³-hybridized carbons (Fsp3) is 0.143. The minimum Gasteiger partial charge on any atom is -0.279 e. The molecule has 0 saturated carbocycles. The van der Waals surface area contributed by atoms with Crippen molar-refractivity contribution in [3.8, 4) is 0 Å². The second-order valence-electron chi connectivity index (χ2n) is 1.95. The molecule has 0 radical (unpaired) electrons. The van der Waals surface area contributed by atoms with Gasteiger partial charge < -0.3 is 0 Å². The van der Waals surface area contributed by atoms with Gasteiger partial charge in [0.15, 0.2) is 0 Å². The van der Waals surface area contributed by atoms with Crippen molar-refractivity contribution in [2.24, 2.45) is 4.99 Å². The Morgan fingerprint density at radius 1 is 1.44 bits per heavy atom. The molecule has 0 amide bonds. The molecule has 1 aromatic rings. The minimum absolute atomic E-state index is 0.798. The van der Waals surface area contributed by atoms with Crippen LogP contribution < -0.4 is 10.7 Å². The lowest BCUT2D eigenvalue weighted by molar-refractivity contribution is 1.17. The van der Waals surface area contributed by atoms with Gasteiger partial charge in [-0.2, -0.15) is 0 Å². The van der Waals surface area contributed by atoms with Crippen LogP contribution in [0.3, 0.4) is 0 Å². The van der Waals surface area contributed by atoms with E-state index < -0.39 is 0 Å². The van der Waals surface area contributed by atoms with Gasteiger partial charge in [0.05, 0.1) is 17.3 Å². The Bertz CT molecular complexity index is 294. The van der Waals surface area contributed by atoms with Crippen LogP contribution in [-0.2, 0) is 0 Å². The van der Waals surface area contributed by atoms with Crippen molar-refractivity contribution in [3.63, 3.8) is 0 Å².